The van der Waals surface area contributed by atoms with Gasteiger partial charge in [-0.3, -0.25) is 4.79 Å². The van der Waals surface area contributed by atoms with E-state index >= 15 is 0 Å². The first-order valence-electron chi connectivity index (χ1n) is 6.11. The number of rotatable bonds is 4. The Morgan fingerprint density at radius 2 is 2.12 bits per heavy atom. The van der Waals surface area contributed by atoms with Crippen molar-refractivity contribution in [3.8, 4) is 0 Å². The van der Waals surface area contributed by atoms with Gasteiger partial charge in [-0.1, -0.05) is 11.3 Å². The fourth-order valence-electron chi connectivity index (χ4n) is 2.28. The fourth-order valence-corrected chi connectivity index (χ4v) is 3.05. The van der Waals surface area contributed by atoms with Crippen molar-refractivity contribution in [2.45, 2.75) is 32.4 Å². The summed E-state index contributed by atoms with van der Waals surface area (Å²) in [6.07, 6.45) is 2.64. The minimum absolute atomic E-state index is 0.161. The Morgan fingerprint density at radius 1 is 1.41 bits per heavy atom. The summed E-state index contributed by atoms with van der Waals surface area (Å²) in [5, 5.41) is 1.93. The number of hydrogen-bond acceptors (Lipinski definition) is 4. The van der Waals surface area contributed by atoms with Crippen molar-refractivity contribution < 1.29 is 4.74 Å². The molecule has 0 atom stereocenters. The molecule has 17 heavy (non-hydrogen) atoms. The van der Waals surface area contributed by atoms with Gasteiger partial charge in [-0.2, -0.15) is 0 Å². The lowest BCUT2D eigenvalue weighted by Crippen LogP contribution is -2.39. The topological polar surface area (TPSA) is 34.5 Å². The van der Waals surface area contributed by atoms with Crippen LogP contribution in [-0.4, -0.2) is 42.3 Å². The zero-order chi connectivity index (χ0) is 12.3. The molecule has 0 N–H and O–H groups in total. The third-order valence-electron chi connectivity index (χ3n) is 3.48. The molecule has 0 saturated carbocycles. The summed E-state index contributed by atoms with van der Waals surface area (Å²) in [5.74, 6) is 0. The molecule has 5 heteroatoms. The lowest BCUT2D eigenvalue weighted by molar-refractivity contribution is 0.0401. The normalized spacial score (nSPS) is 18.7. The van der Waals surface area contributed by atoms with Gasteiger partial charge in [-0.05, 0) is 19.8 Å². The summed E-state index contributed by atoms with van der Waals surface area (Å²) in [7, 11) is 1.79. The van der Waals surface area contributed by atoms with E-state index in [2.05, 4.69) is 4.90 Å². The molecular weight excluding hydrogens is 236 g/mol. The van der Waals surface area contributed by atoms with E-state index in [9.17, 15) is 4.79 Å². The summed E-state index contributed by atoms with van der Waals surface area (Å²) in [6, 6.07) is 0. The lowest BCUT2D eigenvalue weighted by atomic mass is 10.1. The molecule has 0 amide bonds. The molecule has 96 valence electrons. The average Bonchev–Trinajstić information content (AvgIpc) is 2.67. The van der Waals surface area contributed by atoms with Gasteiger partial charge < -0.3 is 14.2 Å². The maximum absolute atomic E-state index is 11.6. The van der Waals surface area contributed by atoms with Crippen LogP contribution >= 0.6 is 11.3 Å². The van der Waals surface area contributed by atoms with E-state index in [4.69, 9.17) is 4.74 Å². The minimum atomic E-state index is 0.161. The second-order valence-corrected chi connectivity index (χ2v) is 5.39. The molecule has 1 aromatic rings. The maximum atomic E-state index is 11.6. The van der Waals surface area contributed by atoms with Gasteiger partial charge in [-0.25, -0.2) is 0 Å². The number of aromatic nitrogens is 1. The zero-order valence-corrected chi connectivity index (χ0v) is 11.3. The fraction of sp³-hybridized carbons (Fsp3) is 0.750. The molecular formula is C12H20N2O2S. The van der Waals surface area contributed by atoms with Crippen LogP contribution in [0, 0.1) is 6.92 Å². The number of nitrogens with zero attached hydrogens (tertiary/aromatic N) is 2. The molecule has 1 fully saturated rings. The molecule has 1 aromatic heterocycles. The molecule has 0 aromatic carbocycles. The summed E-state index contributed by atoms with van der Waals surface area (Å²) in [4.78, 5) is 14.1. The van der Waals surface area contributed by atoms with Crippen molar-refractivity contribution in [3.63, 3.8) is 0 Å². The molecule has 0 unspecified atom stereocenters. The van der Waals surface area contributed by atoms with Crippen LogP contribution < -0.4 is 4.87 Å². The first-order valence-corrected chi connectivity index (χ1v) is 6.98. The second-order valence-electron chi connectivity index (χ2n) is 4.57. The Balaban J connectivity index is 1.82. The Hall–Kier alpha value is -0.650. The Morgan fingerprint density at radius 3 is 2.65 bits per heavy atom. The Kier molecular flexibility index (Phi) is 4.36. The molecule has 1 aliphatic rings. The summed E-state index contributed by atoms with van der Waals surface area (Å²) >= 11 is 1.29. The molecule has 0 aliphatic carbocycles. The van der Waals surface area contributed by atoms with Crippen LogP contribution in [0.25, 0.3) is 0 Å². The molecule has 2 heterocycles. The predicted molar refractivity (Wildman–Crippen MR) is 69.8 cm³/mol. The summed E-state index contributed by atoms with van der Waals surface area (Å²) in [5.41, 5.74) is 1.08. The van der Waals surface area contributed by atoms with Gasteiger partial charge in [0.1, 0.15) is 0 Å². The number of aryl methyl sites for hydroxylation is 1. The van der Waals surface area contributed by atoms with Gasteiger partial charge in [0, 0.05) is 44.4 Å². The highest BCUT2D eigenvalue weighted by Gasteiger charge is 2.18. The predicted octanol–water partition coefficient (Wildman–Crippen LogP) is 1.33. The highest BCUT2D eigenvalue weighted by molar-refractivity contribution is 7.07. The highest BCUT2D eigenvalue weighted by Crippen LogP contribution is 2.12. The third kappa shape index (κ3) is 3.18. The third-order valence-corrected chi connectivity index (χ3v) is 4.37. The maximum Gasteiger partial charge on any atom is 0.307 e. The smallest absolute Gasteiger partial charge is 0.307 e. The van der Waals surface area contributed by atoms with E-state index in [-0.39, 0.29) is 4.87 Å². The summed E-state index contributed by atoms with van der Waals surface area (Å²) in [6.45, 7) is 5.93. The monoisotopic (exact) mass is 256 g/mol. The van der Waals surface area contributed by atoms with Gasteiger partial charge in [0.25, 0.3) is 0 Å². The first kappa shape index (κ1) is 12.8. The van der Waals surface area contributed by atoms with E-state index in [1.807, 2.05) is 16.9 Å². The van der Waals surface area contributed by atoms with Crippen molar-refractivity contribution in [2.75, 3.05) is 26.7 Å². The zero-order valence-electron chi connectivity index (χ0n) is 10.5. The van der Waals surface area contributed by atoms with Crippen LogP contribution in [-0.2, 0) is 11.3 Å². The van der Waals surface area contributed by atoms with Crippen molar-refractivity contribution >= 4 is 11.3 Å². The van der Waals surface area contributed by atoms with E-state index in [1.165, 1.54) is 11.3 Å². The number of likely N-dealkylation sites (tertiary alicyclic amines) is 1. The molecule has 1 aliphatic heterocycles. The van der Waals surface area contributed by atoms with E-state index < -0.39 is 0 Å². The van der Waals surface area contributed by atoms with Crippen molar-refractivity contribution in [2.24, 2.45) is 0 Å². The SMILES string of the molecule is COC1CCN(CCn2c(C)csc2=O)CC1. The van der Waals surface area contributed by atoms with Gasteiger partial charge in [0.2, 0.25) is 0 Å². The van der Waals surface area contributed by atoms with Crippen LogP contribution in [0.4, 0.5) is 0 Å². The van der Waals surface area contributed by atoms with Crippen molar-refractivity contribution in [1.82, 2.24) is 9.47 Å². The van der Waals surface area contributed by atoms with E-state index in [0.717, 1.165) is 44.7 Å². The summed E-state index contributed by atoms with van der Waals surface area (Å²) < 4.78 is 7.22. The van der Waals surface area contributed by atoms with Crippen LogP contribution in [0.2, 0.25) is 0 Å². The molecule has 1 saturated heterocycles. The average molecular weight is 256 g/mol. The standard InChI is InChI=1S/C12H20N2O2S/c1-10-9-17-12(15)14(10)8-7-13-5-3-11(16-2)4-6-13/h9,11H,3-8H2,1-2H3. The van der Waals surface area contributed by atoms with Crippen LogP contribution in [0.3, 0.4) is 0 Å². The number of hydrogen-bond donors (Lipinski definition) is 0. The molecule has 0 radical (unpaired) electrons. The van der Waals surface area contributed by atoms with E-state index in [0.29, 0.717) is 6.10 Å². The number of methoxy groups -OCH3 is 1. The van der Waals surface area contributed by atoms with Gasteiger partial charge in [-0.15, -0.1) is 0 Å². The largest absolute Gasteiger partial charge is 0.381 e. The van der Waals surface area contributed by atoms with Crippen LogP contribution in [0.5, 0.6) is 0 Å². The molecule has 2 rings (SSSR count). The number of ether oxygens (including phenoxy) is 1. The van der Waals surface area contributed by atoms with Crippen LogP contribution in [0.15, 0.2) is 10.2 Å². The van der Waals surface area contributed by atoms with Gasteiger partial charge >= 0.3 is 4.87 Å². The minimum Gasteiger partial charge on any atom is -0.381 e. The lowest BCUT2D eigenvalue weighted by Gasteiger charge is -2.31. The van der Waals surface area contributed by atoms with Crippen molar-refractivity contribution in [3.05, 3.63) is 20.7 Å². The van der Waals surface area contributed by atoms with Gasteiger partial charge in [0.05, 0.1) is 6.10 Å². The molecule has 0 spiro atoms. The Bertz CT molecular complexity index is 405. The number of thiazole rings is 1. The second kappa shape index (κ2) is 5.80. The molecule has 4 nitrogen and oxygen atoms in total. The van der Waals surface area contributed by atoms with Gasteiger partial charge in [0.15, 0.2) is 0 Å². The highest BCUT2D eigenvalue weighted by atomic mass is 32.1. The van der Waals surface area contributed by atoms with Crippen LogP contribution in [0.1, 0.15) is 18.5 Å². The number of piperidine rings is 1. The molecule has 0 bridgehead atoms. The van der Waals surface area contributed by atoms with Crippen molar-refractivity contribution in [1.29, 1.82) is 0 Å². The Labute approximate surface area is 106 Å². The van der Waals surface area contributed by atoms with E-state index in [1.54, 1.807) is 7.11 Å². The first-order chi connectivity index (χ1) is 8.20. The quantitative estimate of drug-likeness (QED) is 0.815.